The summed E-state index contributed by atoms with van der Waals surface area (Å²) in [5, 5.41) is 11.6. The minimum Gasteiger partial charge on any atom is -0.364 e. The third kappa shape index (κ3) is 4.04. The van der Waals surface area contributed by atoms with Gasteiger partial charge in [0, 0.05) is 17.6 Å². The average molecular weight is 310 g/mol. The fourth-order valence-corrected chi connectivity index (χ4v) is 2.24. The van der Waals surface area contributed by atoms with Gasteiger partial charge in [-0.3, -0.25) is 4.79 Å². The monoisotopic (exact) mass is 309 g/mol. The Morgan fingerprint density at radius 2 is 2.22 bits per heavy atom. The van der Waals surface area contributed by atoms with Gasteiger partial charge in [0.25, 0.3) is 0 Å². The third-order valence-corrected chi connectivity index (χ3v) is 2.95. The van der Waals surface area contributed by atoms with Gasteiger partial charge in [-0.05, 0) is 48.0 Å². The molecule has 1 amide bonds. The highest BCUT2D eigenvalue weighted by molar-refractivity contribution is 9.10. The zero-order valence-corrected chi connectivity index (χ0v) is 12.3. The Labute approximate surface area is 116 Å². The second-order valence-corrected chi connectivity index (χ2v) is 5.21. The van der Waals surface area contributed by atoms with E-state index >= 15 is 0 Å². The quantitative estimate of drug-likeness (QED) is 0.928. The lowest BCUT2D eigenvalue weighted by molar-refractivity contribution is -0.120. The summed E-state index contributed by atoms with van der Waals surface area (Å²) in [6.45, 7) is 4.13. The van der Waals surface area contributed by atoms with Crippen LogP contribution in [0.1, 0.15) is 19.4 Å². The van der Waals surface area contributed by atoms with Crippen molar-refractivity contribution in [1.29, 1.82) is 5.26 Å². The fraction of sp³-hybridized carbons (Fsp3) is 0.385. The second-order valence-electron chi connectivity index (χ2n) is 4.36. The van der Waals surface area contributed by atoms with Crippen molar-refractivity contribution >= 4 is 27.5 Å². The first kappa shape index (κ1) is 14.5. The maximum Gasteiger partial charge on any atom is 0.239 e. The number of carbonyl (C=O) groups is 1. The zero-order valence-electron chi connectivity index (χ0n) is 10.7. The molecule has 0 aliphatic rings. The van der Waals surface area contributed by atoms with Crippen molar-refractivity contribution in [2.75, 3.05) is 18.5 Å². The summed E-state index contributed by atoms with van der Waals surface area (Å²) in [4.78, 5) is 13.5. The number of hydrogen-bond acceptors (Lipinski definition) is 3. The molecule has 1 aromatic rings. The molecule has 0 fully saturated rings. The van der Waals surface area contributed by atoms with E-state index in [-0.39, 0.29) is 18.5 Å². The smallest absolute Gasteiger partial charge is 0.239 e. The molecule has 1 rings (SSSR count). The Bertz CT molecular complexity index is 480. The Morgan fingerprint density at radius 3 is 2.72 bits per heavy atom. The van der Waals surface area contributed by atoms with Crippen molar-refractivity contribution in [3.05, 3.63) is 28.2 Å². The van der Waals surface area contributed by atoms with Crippen LogP contribution in [0.4, 0.5) is 5.69 Å². The summed E-state index contributed by atoms with van der Waals surface area (Å²) >= 11 is 3.40. The highest BCUT2D eigenvalue weighted by Gasteiger charge is 2.11. The lowest BCUT2D eigenvalue weighted by Crippen LogP contribution is -2.38. The number of hydrogen-bond donors (Lipinski definition) is 1. The van der Waals surface area contributed by atoms with Crippen LogP contribution >= 0.6 is 15.9 Å². The van der Waals surface area contributed by atoms with Gasteiger partial charge in [-0.2, -0.15) is 5.26 Å². The predicted octanol–water partition coefficient (Wildman–Crippen LogP) is 2.28. The summed E-state index contributed by atoms with van der Waals surface area (Å²) in [6, 6.07) is 7.51. The van der Waals surface area contributed by atoms with Crippen molar-refractivity contribution in [1.82, 2.24) is 5.32 Å². The molecule has 0 aliphatic carbocycles. The van der Waals surface area contributed by atoms with E-state index in [0.29, 0.717) is 5.56 Å². The molecule has 0 unspecified atom stereocenters. The summed E-state index contributed by atoms with van der Waals surface area (Å²) in [6.07, 6.45) is 0. The zero-order chi connectivity index (χ0) is 13.7. The van der Waals surface area contributed by atoms with E-state index in [1.165, 1.54) is 0 Å². The molecular weight excluding hydrogens is 294 g/mol. The molecule has 0 atom stereocenters. The van der Waals surface area contributed by atoms with Gasteiger partial charge in [-0.15, -0.1) is 0 Å². The molecule has 96 valence electrons. The first-order chi connectivity index (χ1) is 8.43. The number of nitrogens with one attached hydrogen (secondary N) is 1. The number of halogens is 1. The van der Waals surface area contributed by atoms with E-state index in [2.05, 4.69) is 27.3 Å². The van der Waals surface area contributed by atoms with Gasteiger partial charge in [-0.1, -0.05) is 0 Å². The summed E-state index contributed by atoms with van der Waals surface area (Å²) in [5.74, 6) is -0.0243. The molecule has 0 spiro atoms. The standard InChI is InChI=1S/C13H16BrN3O/c1-9(2)16-13(18)8-17(3)12-5-4-10(7-15)6-11(12)14/h4-6,9H,8H2,1-3H3,(H,16,18). The third-order valence-electron chi connectivity index (χ3n) is 2.32. The highest BCUT2D eigenvalue weighted by atomic mass is 79.9. The van der Waals surface area contributed by atoms with Crippen molar-refractivity contribution < 1.29 is 4.79 Å². The molecule has 1 aromatic carbocycles. The minimum atomic E-state index is -0.0243. The summed E-state index contributed by atoms with van der Waals surface area (Å²) < 4.78 is 0.807. The largest absolute Gasteiger partial charge is 0.364 e. The highest BCUT2D eigenvalue weighted by Crippen LogP contribution is 2.26. The van der Waals surface area contributed by atoms with E-state index in [9.17, 15) is 4.79 Å². The first-order valence-corrected chi connectivity index (χ1v) is 6.43. The molecule has 4 nitrogen and oxygen atoms in total. The van der Waals surface area contributed by atoms with Crippen LogP contribution in [0.5, 0.6) is 0 Å². The summed E-state index contributed by atoms with van der Waals surface area (Å²) in [5.41, 5.74) is 1.47. The molecular formula is C13H16BrN3O. The normalized spacial score (nSPS) is 10.0. The molecule has 1 N–H and O–H groups in total. The maximum absolute atomic E-state index is 11.7. The van der Waals surface area contributed by atoms with E-state index in [1.54, 1.807) is 12.1 Å². The number of rotatable bonds is 4. The number of anilines is 1. The van der Waals surface area contributed by atoms with Crippen molar-refractivity contribution in [2.24, 2.45) is 0 Å². The van der Waals surface area contributed by atoms with Crippen LogP contribution in [-0.2, 0) is 4.79 Å². The van der Waals surface area contributed by atoms with Crippen molar-refractivity contribution in [3.8, 4) is 6.07 Å². The molecule has 0 saturated carbocycles. The van der Waals surface area contributed by atoms with E-state index < -0.39 is 0 Å². The maximum atomic E-state index is 11.7. The van der Waals surface area contributed by atoms with Crippen molar-refractivity contribution in [2.45, 2.75) is 19.9 Å². The van der Waals surface area contributed by atoms with E-state index in [1.807, 2.05) is 31.9 Å². The van der Waals surface area contributed by atoms with Crippen LogP contribution in [-0.4, -0.2) is 25.5 Å². The van der Waals surface area contributed by atoms with Gasteiger partial charge in [-0.25, -0.2) is 0 Å². The lowest BCUT2D eigenvalue weighted by Gasteiger charge is -2.21. The van der Waals surface area contributed by atoms with Gasteiger partial charge in [0.2, 0.25) is 5.91 Å². The number of likely N-dealkylation sites (N-methyl/N-ethyl adjacent to an activating group) is 1. The molecule has 0 heterocycles. The number of amides is 1. The topological polar surface area (TPSA) is 56.1 Å². The van der Waals surface area contributed by atoms with Crippen molar-refractivity contribution in [3.63, 3.8) is 0 Å². The fourth-order valence-electron chi connectivity index (χ4n) is 1.55. The van der Waals surface area contributed by atoms with Crippen LogP contribution in [0.15, 0.2) is 22.7 Å². The molecule has 0 aliphatic heterocycles. The number of carbonyl (C=O) groups excluding carboxylic acids is 1. The number of nitrogens with zero attached hydrogens (tertiary/aromatic N) is 2. The Kier molecular flexibility index (Phi) is 5.17. The Morgan fingerprint density at radius 1 is 1.56 bits per heavy atom. The van der Waals surface area contributed by atoms with Crippen LogP contribution < -0.4 is 10.2 Å². The Hall–Kier alpha value is -1.54. The van der Waals surface area contributed by atoms with E-state index in [4.69, 9.17) is 5.26 Å². The molecule has 0 bridgehead atoms. The molecule has 0 radical (unpaired) electrons. The SMILES string of the molecule is CC(C)NC(=O)CN(C)c1ccc(C#N)cc1Br. The van der Waals surface area contributed by atoms with Crippen LogP contribution in [0.25, 0.3) is 0 Å². The molecule has 18 heavy (non-hydrogen) atoms. The van der Waals surface area contributed by atoms with Gasteiger partial charge >= 0.3 is 0 Å². The van der Waals surface area contributed by atoms with Crippen LogP contribution in [0.2, 0.25) is 0 Å². The van der Waals surface area contributed by atoms with Crippen LogP contribution in [0.3, 0.4) is 0 Å². The van der Waals surface area contributed by atoms with Gasteiger partial charge in [0.15, 0.2) is 0 Å². The number of nitriles is 1. The minimum absolute atomic E-state index is 0.0243. The average Bonchev–Trinajstić information content (AvgIpc) is 2.27. The predicted molar refractivity (Wildman–Crippen MR) is 75.4 cm³/mol. The Balaban J connectivity index is 2.76. The summed E-state index contributed by atoms with van der Waals surface area (Å²) in [7, 11) is 1.84. The van der Waals surface area contributed by atoms with E-state index in [0.717, 1.165) is 10.2 Å². The van der Waals surface area contributed by atoms with Gasteiger partial charge in [0.05, 0.1) is 23.9 Å². The van der Waals surface area contributed by atoms with Crippen LogP contribution in [0, 0.1) is 11.3 Å². The second kappa shape index (κ2) is 6.41. The van der Waals surface area contributed by atoms with Gasteiger partial charge in [0.1, 0.15) is 0 Å². The lowest BCUT2D eigenvalue weighted by atomic mass is 10.2. The molecule has 0 aromatic heterocycles. The number of benzene rings is 1. The van der Waals surface area contributed by atoms with Gasteiger partial charge < -0.3 is 10.2 Å². The first-order valence-electron chi connectivity index (χ1n) is 5.64. The molecule has 0 saturated heterocycles. The molecule has 5 heteroatoms.